The molecule has 1 fully saturated rings. The van der Waals surface area contributed by atoms with E-state index in [1.165, 1.54) is 31.4 Å². The Kier molecular flexibility index (Phi) is 5.43. The molecule has 0 unspecified atom stereocenters. The minimum absolute atomic E-state index is 0.224. The molecule has 0 atom stereocenters. The maximum absolute atomic E-state index is 13.3. The Morgan fingerprint density at radius 2 is 2.05 bits per heavy atom. The molecule has 0 radical (unpaired) electrons. The summed E-state index contributed by atoms with van der Waals surface area (Å²) in [6.45, 7) is 2.50. The first-order valence-electron chi connectivity index (χ1n) is 7.38. The molecule has 0 aliphatic heterocycles. The molecule has 0 spiro atoms. The number of hydrogen-bond donors (Lipinski definition) is 1. The molecule has 0 amide bonds. The quantitative estimate of drug-likeness (QED) is 0.857. The number of ether oxygens (including phenoxy) is 1. The zero-order valence-electron chi connectivity index (χ0n) is 12.0. The monoisotopic (exact) mass is 275 g/mol. The van der Waals surface area contributed by atoms with Crippen molar-refractivity contribution < 1.29 is 9.13 Å². The molecular weight excluding hydrogens is 253 g/mol. The van der Waals surface area contributed by atoms with Gasteiger partial charge in [-0.25, -0.2) is 4.39 Å². The Hall–Kier alpha value is -1.53. The van der Waals surface area contributed by atoms with Crippen LogP contribution in [0.25, 0.3) is 0 Å². The maximum Gasteiger partial charge on any atom is 0.135 e. The van der Waals surface area contributed by atoms with Gasteiger partial charge in [-0.05, 0) is 49.8 Å². The summed E-state index contributed by atoms with van der Waals surface area (Å²) in [7, 11) is 0. The van der Waals surface area contributed by atoms with Crippen LogP contribution in [0.4, 0.5) is 4.39 Å². The minimum atomic E-state index is -0.298. The molecule has 2 rings (SSSR count). The van der Waals surface area contributed by atoms with Crippen LogP contribution in [0.5, 0.6) is 5.75 Å². The smallest absolute Gasteiger partial charge is 0.135 e. The van der Waals surface area contributed by atoms with Crippen LogP contribution in [0.1, 0.15) is 44.6 Å². The molecule has 1 aromatic carbocycles. The van der Waals surface area contributed by atoms with Crippen LogP contribution in [0.15, 0.2) is 18.2 Å². The Labute approximate surface area is 120 Å². The number of rotatable bonds is 3. The van der Waals surface area contributed by atoms with E-state index in [9.17, 15) is 4.39 Å². The van der Waals surface area contributed by atoms with Crippen molar-refractivity contribution in [3.05, 3.63) is 29.6 Å². The van der Waals surface area contributed by atoms with Crippen molar-refractivity contribution >= 4 is 0 Å². The van der Waals surface area contributed by atoms with E-state index in [-0.39, 0.29) is 18.5 Å². The van der Waals surface area contributed by atoms with E-state index in [0.717, 1.165) is 18.8 Å². The summed E-state index contributed by atoms with van der Waals surface area (Å²) >= 11 is 0. The van der Waals surface area contributed by atoms with E-state index < -0.39 is 0 Å². The van der Waals surface area contributed by atoms with Crippen LogP contribution >= 0.6 is 0 Å². The summed E-state index contributed by atoms with van der Waals surface area (Å²) in [5.41, 5.74) is 5.96. The fourth-order valence-electron chi connectivity index (χ4n) is 2.69. The van der Waals surface area contributed by atoms with E-state index in [1.54, 1.807) is 6.07 Å². The lowest BCUT2D eigenvalue weighted by Crippen LogP contribution is -2.24. The molecule has 2 N–H and O–H groups in total. The molecule has 20 heavy (non-hydrogen) atoms. The van der Waals surface area contributed by atoms with Gasteiger partial charge in [-0.15, -0.1) is 0 Å². The topological polar surface area (TPSA) is 35.2 Å². The van der Waals surface area contributed by atoms with Crippen LogP contribution in [-0.2, 0) is 0 Å². The molecule has 1 aliphatic rings. The van der Waals surface area contributed by atoms with E-state index in [1.807, 2.05) is 0 Å². The van der Waals surface area contributed by atoms with E-state index in [0.29, 0.717) is 11.3 Å². The van der Waals surface area contributed by atoms with Crippen molar-refractivity contribution in [1.82, 2.24) is 0 Å². The van der Waals surface area contributed by atoms with E-state index >= 15 is 0 Å². The number of nitrogens with two attached hydrogens (primary N) is 1. The molecule has 1 aromatic rings. The molecular formula is C17H22FNO. The van der Waals surface area contributed by atoms with Gasteiger partial charge < -0.3 is 10.5 Å². The van der Waals surface area contributed by atoms with Crippen LogP contribution in [0.2, 0.25) is 0 Å². The molecule has 3 heteroatoms. The average Bonchev–Trinajstić information content (AvgIpc) is 2.48. The van der Waals surface area contributed by atoms with Gasteiger partial charge in [-0.3, -0.25) is 0 Å². The third-order valence-electron chi connectivity index (χ3n) is 3.93. The third-order valence-corrected chi connectivity index (χ3v) is 3.93. The van der Waals surface area contributed by atoms with Crippen molar-refractivity contribution in [2.75, 3.05) is 6.54 Å². The Balaban J connectivity index is 2.05. The van der Waals surface area contributed by atoms with Crippen molar-refractivity contribution in [3.63, 3.8) is 0 Å². The van der Waals surface area contributed by atoms with Gasteiger partial charge in [0.2, 0.25) is 0 Å². The fourth-order valence-corrected chi connectivity index (χ4v) is 2.69. The number of halogens is 1. The highest BCUT2D eigenvalue weighted by Gasteiger charge is 2.21. The second-order valence-electron chi connectivity index (χ2n) is 5.32. The van der Waals surface area contributed by atoms with Crippen LogP contribution in [0, 0.1) is 23.6 Å². The van der Waals surface area contributed by atoms with Gasteiger partial charge >= 0.3 is 0 Å². The zero-order chi connectivity index (χ0) is 14.4. The SMILES string of the molecule is CCC1CCC(Oc2ccc(F)cc2C#CCN)CC1. The Morgan fingerprint density at radius 3 is 2.70 bits per heavy atom. The molecule has 108 valence electrons. The largest absolute Gasteiger partial charge is 0.489 e. The number of benzene rings is 1. The highest BCUT2D eigenvalue weighted by Crippen LogP contribution is 2.30. The minimum Gasteiger partial charge on any atom is -0.489 e. The third kappa shape index (κ3) is 3.98. The Morgan fingerprint density at radius 1 is 1.30 bits per heavy atom. The van der Waals surface area contributed by atoms with Crippen LogP contribution < -0.4 is 10.5 Å². The van der Waals surface area contributed by atoms with Gasteiger partial charge in [0.05, 0.1) is 18.2 Å². The van der Waals surface area contributed by atoms with Gasteiger partial charge in [-0.2, -0.15) is 0 Å². The maximum atomic E-state index is 13.3. The zero-order valence-corrected chi connectivity index (χ0v) is 12.0. The van der Waals surface area contributed by atoms with Crippen molar-refractivity contribution in [2.45, 2.75) is 45.1 Å². The van der Waals surface area contributed by atoms with Gasteiger partial charge in [0, 0.05) is 0 Å². The van der Waals surface area contributed by atoms with Gasteiger partial charge in [0.15, 0.2) is 0 Å². The van der Waals surface area contributed by atoms with Crippen LogP contribution in [0.3, 0.4) is 0 Å². The lowest BCUT2D eigenvalue weighted by atomic mass is 9.86. The first-order chi connectivity index (χ1) is 9.72. The van der Waals surface area contributed by atoms with Gasteiger partial charge in [-0.1, -0.05) is 25.2 Å². The first kappa shape index (κ1) is 14.9. The normalized spacial score (nSPS) is 21.9. The van der Waals surface area contributed by atoms with E-state index in [2.05, 4.69) is 18.8 Å². The number of hydrogen-bond acceptors (Lipinski definition) is 2. The summed E-state index contributed by atoms with van der Waals surface area (Å²) in [5.74, 6) is 6.85. The van der Waals surface area contributed by atoms with Gasteiger partial charge in [0.1, 0.15) is 11.6 Å². The van der Waals surface area contributed by atoms with Crippen molar-refractivity contribution in [1.29, 1.82) is 0 Å². The summed E-state index contributed by atoms with van der Waals surface area (Å²) in [6.07, 6.45) is 6.04. The standard InChI is InChI=1S/C17H22FNO/c1-2-13-5-8-16(9-6-13)20-17-10-7-15(18)12-14(17)4-3-11-19/h7,10,12-13,16H,2,5-6,8-9,11,19H2,1H3. The predicted octanol–water partition coefficient (Wildman–Crippen LogP) is 3.48. The van der Waals surface area contributed by atoms with E-state index in [4.69, 9.17) is 10.5 Å². The van der Waals surface area contributed by atoms with Gasteiger partial charge in [0.25, 0.3) is 0 Å². The molecule has 0 aromatic heterocycles. The lowest BCUT2D eigenvalue weighted by Gasteiger charge is -2.28. The second-order valence-corrected chi connectivity index (χ2v) is 5.32. The highest BCUT2D eigenvalue weighted by atomic mass is 19.1. The fraction of sp³-hybridized carbons (Fsp3) is 0.529. The van der Waals surface area contributed by atoms with Crippen LogP contribution in [-0.4, -0.2) is 12.6 Å². The highest BCUT2D eigenvalue weighted by molar-refractivity contribution is 5.46. The second kappa shape index (κ2) is 7.31. The molecule has 0 bridgehead atoms. The van der Waals surface area contributed by atoms with Crippen molar-refractivity contribution in [2.24, 2.45) is 11.7 Å². The molecule has 0 saturated heterocycles. The summed E-state index contributed by atoms with van der Waals surface area (Å²) < 4.78 is 19.3. The summed E-state index contributed by atoms with van der Waals surface area (Å²) in [4.78, 5) is 0. The lowest BCUT2D eigenvalue weighted by molar-refractivity contribution is 0.129. The molecule has 1 aliphatic carbocycles. The summed E-state index contributed by atoms with van der Waals surface area (Å²) in [6, 6.07) is 4.50. The van der Waals surface area contributed by atoms with Crippen molar-refractivity contribution in [3.8, 4) is 17.6 Å². The predicted molar refractivity (Wildman–Crippen MR) is 79.0 cm³/mol. The molecule has 0 heterocycles. The Bertz CT molecular complexity index is 495. The average molecular weight is 275 g/mol. The first-order valence-corrected chi connectivity index (χ1v) is 7.38. The molecule has 2 nitrogen and oxygen atoms in total. The molecule has 1 saturated carbocycles. The summed E-state index contributed by atoms with van der Waals surface area (Å²) in [5, 5.41) is 0.